The monoisotopic (exact) mass is 427 g/mol. The van der Waals surface area contributed by atoms with Gasteiger partial charge in [-0.3, -0.25) is 24.0 Å². The van der Waals surface area contributed by atoms with E-state index in [1.807, 2.05) is 6.92 Å². The SMILES string of the molecule is CCCCn1c(N)c(N(Cc2ccccc2OC)C(=O)c2cc(C)no2)c(=O)[nH]c1=O. The number of nitrogens with one attached hydrogen (secondary N) is 1. The quantitative estimate of drug-likeness (QED) is 0.561. The van der Waals surface area contributed by atoms with Gasteiger partial charge in [-0.25, -0.2) is 4.79 Å². The molecule has 0 bridgehead atoms. The third-order valence-corrected chi connectivity index (χ3v) is 4.82. The highest BCUT2D eigenvalue weighted by Gasteiger charge is 2.28. The van der Waals surface area contributed by atoms with Crippen LogP contribution in [0.4, 0.5) is 11.5 Å². The Bertz CT molecular complexity index is 1190. The number of aromatic amines is 1. The van der Waals surface area contributed by atoms with Crippen molar-refractivity contribution in [2.75, 3.05) is 17.7 Å². The van der Waals surface area contributed by atoms with Crippen molar-refractivity contribution in [3.8, 4) is 5.75 Å². The molecule has 0 unspecified atom stereocenters. The summed E-state index contributed by atoms with van der Waals surface area (Å²) >= 11 is 0. The number of unbranched alkanes of at least 4 members (excludes halogenated alkanes) is 1. The zero-order chi connectivity index (χ0) is 22.5. The number of aromatic nitrogens is 3. The summed E-state index contributed by atoms with van der Waals surface area (Å²) in [6, 6.07) is 8.55. The molecule has 0 aliphatic heterocycles. The Balaban J connectivity index is 2.17. The van der Waals surface area contributed by atoms with Gasteiger partial charge in [0, 0.05) is 18.2 Å². The van der Waals surface area contributed by atoms with E-state index in [0.717, 1.165) is 6.42 Å². The Morgan fingerprint density at radius 2 is 2.06 bits per heavy atom. The molecule has 3 aromatic rings. The number of carbonyl (C=O) groups is 1. The number of aryl methyl sites for hydroxylation is 1. The molecule has 0 spiro atoms. The van der Waals surface area contributed by atoms with Gasteiger partial charge in [-0.15, -0.1) is 0 Å². The summed E-state index contributed by atoms with van der Waals surface area (Å²) in [5.74, 6) is -0.244. The molecule has 10 nitrogen and oxygen atoms in total. The fraction of sp³-hybridized carbons (Fsp3) is 0.333. The molecule has 1 amide bonds. The lowest BCUT2D eigenvalue weighted by atomic mass is 10.1. The molecule has 2 heterocycles. The fourth-order valence-corrected chi connectivity index (χ4v) is 3.23. The molecular formula is C21H25N5O5. The van der Waals surface area contributed by atoms with Gasteiger partial charge in [0.05, 0.1) is 19.3 Å². The van der Waals surface area contributed by atoms with Crippen molar-refractivity contribution in [1.29, 1.82) is 0 Å². The molecule has 0 saturated carbocycles. The zero-order valence-electron chi connectivity index (χ0n) is 17.7. The van der Waals surface area contributed by atoms with Crippen LogP contribution >= 0.6 is 0 Å². The first-order valence-electron chi connectivity index (χ1n) is 9.87. The summed E-state index contributed by atoms with van der Waals surface area (Å²) < 4.78 is 11.8. The number of rotatable bonds is 8. The molecule has 0 saturated heterocycles. The lowest BCUT2D eigenvalue weighted by Gasteiger charge is -2.24. The minimum Gasteiger partial charge on any atom is -0.496 e. The number of benzene rings is 1. The van der Waals surface area contributed by atoms with Crippen molar-refractivity contribution in [2.45, 2.75) is 39.8 Å². The van der Waals surface area contributed by atoms with Crippen LogP contribution in [-0.2, 0) is 13.1 Å². The summed E-state index contributed by atoms with van der Waals surface area (Å²) in [7, 11) is 1.51. The molecule has 0 aliphatic rings. The van der Waals surface area contributed by atoms with E-state index in [1.165, 1.54) is 22.6 Å². The van der Waals surface area contributed by atoms with Crippen molar-refractivity contribution >= 4 is 17.4 Å². The van der Waals surface area contributed by atoms with E-state index in [-0.39, 0.29) is 23.8 Å². The second kappa shape index (κ2) is 9.33. The number of carbonyl (C=O) groups excluding carboxylic acids is 1. The van der Waals surface area contributed by atoms with Gasteiger partial charge >= 0.3 is 5.69 Å². The second-order valence-electron chi connectivity index (χ2n) is 7.03. The van der Waals surface area contributed by atoms with Gasteiger partial charge in [-0.1, -0.05) is 36.7 Å². The summed E-state index contributed by atoms with van der Waals surface area (Å²) in [5.41, 5.74) is 5.86. The summed E-state index contributed by atoms with van der Waals surface area (Å²) in [6.45, 7) is 3.92. The zero-order valence-corrected chi connectivity index (χ0v) is 17.7. The van der Waals surface area contributed by atoms with Crippen molar-refractivity contribution in [3.05, 3.63) is 68.2 Å². The largest absolute Gasteiger partial charge is 0.496 e. The summed E-state index contributed by atoms with van der Waals surface area (Å²) in [5, 5.41) is 3.75. The number of para-hydroxylation sites is 1. The third-order valence-electron chi connectivity index (χ3n) is 4.82. The standard InChI is InChI=1S/C21H25N5O5/c1-4-5-10-25-18(22)17(19(27)23-21(25)29)26(20(28)16-11-13(2)24-31-16)12-14-8-6-7-9-15(14)30-3/h6-9,11H,4-5,10,12,22H2,1-3H3,(H,23,27,29). The predicted molar refractivity (Wildman–Crippen MR) is 115 cm³/mol. The Hall–Kier alpha value is -3.82. The second-order valence-corrected chi connectivity index (χ2v) is 7.03. The molecule has 2 aromatic heterocycles. The molecule has 1 aromatic carbocycles. The molecule has 164 valence electrons. The van der Waals surface area contributed by atoms with Gasteiger partial charge in [-0.05, 0) is 19.4 Å². The first kappa shape index (κ1) is 21.9. The number of nitrogens with zero attached hydrogens (tertiary/aromatic N) is 3. The lowest BCUT2D eigenvalue weighted by molar-refractivity contribution is 0.0949. The van der Waals surface area contributed by atoms with Gasteiger partial charge < -0.3 is 15.0 Å². The molecule has 10 heteroatoms. The highest BCUT2D eigenvalue weighted by Crippen LogP contribution is 2.26. The number of hydrogen-bond acceptors (Lipinski definition) is 7. The highest BCUT2D eigenvalue weighted by molar-refractivity contribution is 6.05. The van der Waals surface area contributed by atoms with E-state index in [0.29, 0.717) is 30.0 Å². The van der Waals surface area contributed by atoms with Crippen LogP contribution in [0.2, 0.25) is 0 Å². The van der Waals surface area contributed by atoms with Crippen molar-refractivity contribution in [1.82, 2.24) is 14.7 Å². The molecule has 0 radical (unpaired) electrons. The maximum absolute atomic E-state index is 13.3. The van der Waals surface area contributed by atoms with Crippen LogP contribution in [0.1, 0.15) is 41.6 Å². The smallest absolute Gasteiger partial charge is 0.330 e. The first-order valence-corrected chi connectivity index (χ1v) is 9.87. The van der Waals surface area contributed by atoms with E-state index in [1.54, 1.807) is 31.2 Å². The van der Waals surface area contributed by atoms with Crippen LogP contribution in [0.5, 0.6) is 5.75 Å². The van der Waals surface area contributed by atoms with Crippen LogP contribution in [-0.4, -0.2) is 27.7 Å². The average Bonchev–Trinajstić information content (AvgIpc) is 3.18. The van der Waals surface area contributed by atoms with E-state index < -0.39 is 17.2 Å². The van der Waals surface area contributed by atoms with E-state index in [2.05, 4.69) is 10.1 Å². The van der Waals surface area contributed by atoms with Crippen molar-refractivity contribution in [2.24, 2.45) is 0 Å². The number of amides is 1. The van der Waals surface area contributed by atoms with Crippen LogP contribution in [0, 0.1) is 6.92 Å². The highest BCUT2D eigenvalue weighted by atomic mass is 16.5. The topological polar surface area (TPSA) is 136 Å². The van der Waals surface area contributed by atoms with Crippen molar-refractivity contribution < 1.29 is 14.1 Å². The minimum absolute atomic E-state index is 0.0398. The number of anilines is 2. The van der Waals surface area contributed by atoms with Gasteiger partial charge in [0.25, 0.3) is 11.5 Å². The molecule has 3 N–H and O–H groups in total. The molecule has 31 heavy (non-hydrogen) atoms. The lowest BCUT2D eigenvalue weighted by Crippen LogP contribution is -2.41. The predicted octanol–water partition coefficient (Wildman–Crippen LogP) is 2.07. The van der Waals surface area contributed by atoms with Gasteiger partial charge in [0.2, 0.25) is 5.76 Å². The fourth-order valence-electron chi connectivity index (χ4n) is 3.23. The Kier molecular flexibility index (Phi) is 6.58. The number of H-pyrrole nitrogens is 1. The average molecular weight is 427 g/mol. The molecule has 0 fully saturated rings. The van der Waals surface area contributed by atoms with Gasteiger partial charge in [-0.2, -0.15) is 0 Å². The molecule has 3 rings (SSSR count). The first-order chi connectivity index (χ1) is 14.9. The summed E-state index contributed by atoms with van der Waals surface area (Å²) in [6.07, 6.45) is 1.50. The van der Waals surface area contributed by atoms with E-state index in [4.69, 9.17) is 15.0 Å². The van der Waals surface area contributed by atoms with Gasteiger partial charge in [0.15, 0.2) is 5.69 Å². The maximum atomic E-state index is 13.3. The van der Waals surface area contributed by atoms with Gasteiger partial charge in [0.1, 0.15) is 11.6 Å². The number of nitrogen functional groups attached to an aromatic ring is 1. The number of methoxy groups -OCH3 is 1. The van der Waals surface area contributed by atoms with Crippen molar-refractivity contribution in [3.63, 3.8) is 0 Å². The third kappa shape index (κ3) is 4.52. The Morgan fingerprint density at radius 3 is 2.71 bits per heavy atom. The van der Waals surface area contributed by atoms with Crippen LogP contribution < -0.4 is 26.6 Å². The Morgan fingerprint density at radius 1 is 1.32 bits per heavy atom. The maximum Gasteiger partial charge on any atom is 0.330 e. The molecule has 0 aliphatic carbocycles. The number of ether oxygens (including phenoxy) is 1. The minimum atomic E-state index is -0.769. The van der Waals surface area contributed by atoms with E-state index in [9.17, 15) is 14.4 Å². The van der Waals surface area contributed by atoms with Crippen LogP contribution in [0.15, 0.2) is 44.4 Å². The number of hydrogen-bond donors (Lipinski definition) is 2. The summed E-state index contributed by atoms with van der Waals surface area (Å²) in [4.78, 5) is 41.9. The van der Waals surface area contributed by atoms with Crippen LogP contribution in [0.3, 0.4) is 0 Å². The Labute approximate surface area is 178 Å². The van der Waals surface area contributed by atoms with E-state index >= 15 is 0 Å². The molecule has 0 atom stereocenters. The molecular weight excluding hydrogens is 402 g/mol. The number of nitrogens with two attached hydrogens (primary N) is 1. The van der Waals surface area contributed by atoms with Crippen LogP contribution in [0.25, 0.3) is 0 Å². The normalized spacial score (nSPS) is 10.8.